The van der Waals surface area contributed by atoms with Crippen molar-refractivity contribution in [3.63, 3.8) is 0 Å². The molecule has 0 atom stereocenters. The molecule has 0 aliphatic carbocycles. The summed E-state index contributed by atoms with van der Waals surface area (Å²) in [6.07, 6.45) is 1.90. The average molecular weight is 289 g/mol. The van der Waals surface area contributed by atoms with Crippen LogP contribution in [0.5, 0.6) is 17.2 Å². The van der Waals surface area contributed by atoms with Crippen LogP contribution < -0.4 is 19.5 Å². The number of nitrogens with one attached hydrogen (secondary N) is 1. The third kappa shape index (κ3) is 3.11. The van der Waals surface area contributed by atoms with Crippen LogP contribution in [0, 0.1) is 0 Å². The molecular formula is C15H19N3O3. The highest BCUT2D eigenvalue weighted by Crippen LogP contribution is 2.38. The third-order valence-corrected chi connectivity index (χ3v) is 3.27. The average Bonchev–Trinajstić information content (AvgIpc) is 3.10. The minimum absolute atomic E-state index is 0.264. The molecule has 1 aliphatic heterocycles. The van der Waals surface area contributed by atoms with Crippen LogP contribution in [0.4, 0.5) is 0 Å². The quantitative estimate of drug-likeness (QED) is 0.879. The molecule has 112 valence electrons. The minimum Gasteiger partial charge on any atom is -0.487 e. The van der Waals surface area contributed by atoms with Crippen LogP contribution in [-0.2, 0) is 20.2 Å². The van der Waals surface area contributed by atoms with E-state index in [1.165, 1.54) is 0 Å². The summed E-state index contributed by atoms with van der Waals surface area (Å²) < 4.78 is 18.5. The molecule has 0 unspecified atom stereocenters. The van der Waals surface area contributed by atoms with Gasteiger partial charge in [0, 0.05) is 31.4 Å². The predicted octanol–water partition coefficient (Wildman–Crippen LogP) is 1.84. The standard InChI is InChI=1S/C15H19N3O3/c1-3-16-8-11-6-14-15(21-10-20-14)7-13(11)19-9-12-4-5-18(2)17-12/h4-7,16H,3,8-10H2,1-2H3. The van der Waals surface area contributed by atoms with E-state index in [0.29, 0.717) is 6.61 Å². The first-order valence-corrected chi connectivity index (χ1v) is 7.01. The van der Waals surface area contributed by atoms with Gasteiger partial charge in [0.05, 0.1) is 5.69 Å². The maximum atomic E-state index is 5.91. The van der Waals surface area contributed by atoms with Crippen LogP contribution in [-0.4, -0.2) is 23.1 Å². The van der Waals surface area contributed by atoms with E-state index < -0.39 is 0 Å². The molecule has 0 saturated carbocycles. The Bertz CT molecular complexity index is 625. The van der Waals surface area contributed by atoms with E-state index >= 15 is 0 Å². The highest BCUT2D eigenvalue weighted by Gasteiger charge is 2.18. The number of benzene rings is 1. The summed E-state index contributed by atoms with van der Waals surface area (Å²) in [6.45, 7) is 4.39. The second kappa shape index (κ2) is 6.05. The molecule has 3 rings (SSSR count). The Hall–Kier alpha value is -2.21. The molecule has 21 heavy (non-hydrogen) atoms. The third-order valence-electron chi connectivity index (χ3n) is 3.27. The molecule has 2 aromatic rings. The smallest absolute Gasteiger partial charge is 0.231 e. The Morgan fingerprint density at radius 3 is 2.86 bits per heavy atom. The number of aromatic nitrogens is 2. The molecule has 0 bridgehead atoms. The number of nitrogens with zero attached hydrogens (tertiary/aromatic N) is 2. The lowest BCUT2D eigenvalue weighted by Gasteiger charge is -2.12. The SMILES string of the molecule is CCNCc1cc2c(cc1OCc1ccn(C)n1)OCO2. The van der Waals surface area contributed by atoms with Crippen molar-refractivity contribution in [3.8, 4) is 17.2 Å². The second-order valence-corrected chi connectivity index (χ2v) is 4.86. The van der Waals surface area contributed by atoms with Gasteiger partial charge in [-0.3, -0.25) is 4.68 Å². The summed E-state index contributed by atoms with van der Waals surface area (Å²) in [4.78, 5) is 0. The maximum absolute atomic E-state index is 5.91. The van der Waals surface area contributed by atoms with Crippen LogP contribution in [0.15, 0.2) is 24.4 Å². The fourth-order valence-electron chi connectivity index (χ4n) is 2.19. The number of hydrogen-bond acceptors (Lipinski definition) is 5. The van der Waals surface area contributed by atoms with E-state index in [0.717, 1.165) is 41.6 Å². The second-order valence-electron chi connectivity index (χ2n) is 4.86. The van der Waals surface area contributed by atoms with Crippen molar-refractivity contribution in [2.75, 3.05) is 13.3 Å². The van der Waals surface area contributed by atoms with E-state index in [-0.39, 0.29) is 6.79 Å². The molecule has 1 aromatic heterocycles. The molecule has 2 heterocycles. The van der Waals surface area contributed by atoms with Crippen molar-refractivity contribution < 1.29 is 14.2 Å². The van der Waals surface area contributed by atoms with E-state index in [1.807, 2.05) is 31.4 Å². The van der Waals surface area contributed by atoms with E-state index in [4.69, 9.17) is 14.2 Å². The van der Waals surface area contributed by atoms with Crippen molar-refractivity contribution in [3.05, 3.63) is 35.7 Å². The molecule has 1 N–H and O–H groups in total. The lowest BCUT2D eigenvalue weighted by molar-refractivity contribution is 0.173. The first kappa shape index (κ1) is 13.8. The number of fused-ring (bicyclic) bond motifs is 1. The molecule has 0 spiro atoms. The Morgan fingerprint density at radius 2 is 2.14 bits per heavy atom. The van der Waals surface area contributed by atoms with Gasteiger partial charge in [0.15, 0.2) is 11.5 Å². The van der Waals surface area contributed by atoms with Gasteiger partial charge >= 0.3 is 0 Å². The summed E-state index contributed by atoms with van der Waals surface area (Å²) in [5, 5.41) is 7.61. The van der Waals surface area contributed by atoms with Crippen LogP contribution in [0.3, 0.4) is 0 Å². The highest BCUT2D eigenvalue weighted by molar-refractivity contribution is 5.51. The van der Waals surface area contributed by atoms with Gasteiger partial charge in [-0.2, -0.15) is 5.10 Å². The molecular weight excluding hydrogens is 270 g/mol. The molecule has 1 aliphatic rings. The van der Waals surface area contributed by atoms with Crippen LogP contribution in [0.1, 0.15) is 18.2 Å². The molecule has 0 fully saturated rings. The van der Waals surface area contributed by atoms with Gasteiger partial charge in [-0.05, 0) is 18.7 Å². The Balaban J connectivity index is 1.78. The number of rotatable bonds is 6. The maximum Gasteiger partial charge on any atom is 0.231 e. The molecule has 6 nitrogen and oxygen atoms in total. The fraction of sp³-hybridized carbons (Fsp3) is 0.400. The summed E-state index contributed by atoms with van der Waals surface area (Å²) >= 11 is 0. The van der Waals surface area contributed by atoms with Crippen molar-refractivity contribution >= 4 is 0 Å². The predicted molar refractivity (Wildman–Crippen MR) is 77.5 cm³/mol. The van der Waals surface area contributed by atoms with Gasteiger partial charge in [0.25, 0.3) is 0 Å². The van der Waals surface area contributed by atoms with Gasteiger partial charge in [-0.1, -0.05) is 6.92 Å². The fourth-order valence-corrected chi connectivity index (χ4v) is 2.19. The molecule has 0 amide bonds. The van der Waals surface area contributed by atoms with Gasteiger partial charge < -0.3 is 19.5 Å². The lowest BCUT2D eigenvalue weighted by atomic mass is 10.1. The van der Waals surface area contributed by atoms with E-state index in [1.54, 1.807) is 4.68 Å². The highest BCUT2D eigenvalue weighted by atomic mass is 16.7. The molecule has 0 radical (unpaired) electrons. The van der Waals surface area contributed by atoms with Gasteiger partial charge in [0.1, 0.15) is 12.4 Å². The monoisotopic (exact) mass is 289 g/mol. The zero-order chi connectivity index (χ0) is 14.7. The Labute approximate surface area is 123 Å². The zero-order valence-electron chi connectivity index (χ0n) is 12.3. The van der Waals surface area contributed by atoms with E-state index in [9.17, 15) is 0 Å². The Kier molecular flexibility index (Phi) is 3.96. The van der Waals surface area contributed by atoms with Crippen molar-refractivity contribution in [1.82, 2.24) is 15.1 Å². The summed E-state index contributed by atoms with van der Waals surface area (Å²) in [5.41, 5.74) is 1.95. The topological polar surface area (TPSA) is 57.5 Å². The first-order chi connectivity index (χ1) is 10.3. The molecule has 6 heteroatoms. The van der Waals surface area contributed by atoms with Crippen LogP contribution in [0.2, 0.25) is 0 Å². The minimum atomic E-state index is 0.264. The normalized spacial score (nSPS) is 12.7. The largest absolute Gasteiger partial charge is 0.487 e. The van der Waals surface area contributed by atoms with Crippen LogP contribution in [0.25, 0.3) is 0 Å². The first-order valence-electron chi connectivity index (χ1n) is 7.01. The summed E-state index contributed by atoms with van der Waals surface area (Å²) in [5.74, 6) is 2.30. The number of aryl methyl sites for hydroxylation is 1. The van der Waals surface area contributed by atoms with Crippen molar-refractivity contribution in [1.29, 1.82) is 0 Å². The summed E-state index contributed by atoms with van der Waals surface area (Å²) in [7, 11) is 1.89. The Morgan fingerprint density at radius 1 is 1.33 bits per heavy atom. The van der Waals surface area contributed by atoms with Crippen LogP contribution >= 0.6 is 0 Å². The summed E-state index contributed by atoms with van der Waals surface area (Å²) in [6, 6.07) is 5.80. The van der Waals surface area contributed by atoms with Crippen molar-refractivity contribution in [2.45, 2.75) is 20.1 Å². The zero-order valence-corrected chi connectivity index (χ0v) is 12.3. The van der Waals surface area contributed by atoms with Gasteiger partial charge in [-0.15, -0.1) is 0 Å². The molecule has 0 saturated heterocycles. The molecule has 1 aromatic carbocycles. The van der Waals surface area contributed by atoms with E-state index in [2.05, 4.69) is 17.3 Å². The van der Waals surface area contributed by atoms with Crippen molar-refractivity contribution in [2.24, 2.45) is 7.05 Å². The van der Waals surface area contributed by atoms with Gasteiger partial charge in [0.2, 0.25) is 6.79 Å². The lowest BCUT2D eigenvalue weighted by Crippen LogP contribution is -2.13. The number of ether oxygens (including phenoxy) is 3. The number of hydrogen-bond donors (Lipinski definition) is 1. The van der Waals surface area contributed by atoms with Gasteiger partial charge in [-0.25, -0.2) is 0 Å².